The molecular weight excluding hydrogens is 236 g/mol. The molecule has 1 aliphatic heterocycles. The third-order valence-electron chi connectivity index (χ3n) is 2.59. The molecule has 6 nitrogen and oxygen atoms in total. The quantitative estimate of drug-likeness (QED) is 0.596. The minimum atomic E-state index is -0.366. The van der Waals surface area contributed by atoms with E-state index in [0.29, 0.717) is 32.8 Å². The predicted octanol–water partition coefficient (Wildman–Crippen LogP) is -0.120. The summed E-state index contributed by atoms with van der Waals surface area (Å²) in [5.41, 5.74) is 0. The molecule has 1 unspecified atom stereocenters. The second-order valence-electron chi connectivity index (χ2n) is 4.05. The number of ether oxygens (including phenoxy) is 3. The second kappa shape index (κ2) is 9.27. The molecule has 2 N–H and O–H groups in total. The molecule has 0 saturated carbocycles. The van der Waals surface area contributed by atoms with Crippen LogP contribution < -0.4 is 10.6 Å². The summed E-state index contributed by atoms with van der Waals surface area (Å²) in [5.74, 6) is -0.0342. The maximum Gasteiger partial charge on any atom is 0.222 e. The van der Waals surface area contributed by atoms with Crippen LogP contribution >= 0.6 is 0 Å². The van der Waals surface area contributed by atoms with Gasteiger partial charge < -0.3 is 24.8 Å². The van der Waals surface area contributed by atoms with Crippen LogP contribution in [0.15, 0.2) is 0 Å². The zero-order chi connectivity index (χ0) is 13.2. The third-order valence-corrected chi connectivity index (χ3v) is 2.59. The number of carbonyl (C=O) groups is 1. The van der Waals surface area contributed by atoms with E-state index in [-0.39, 0.29) is 18.3 Å². The van der Waals surface area contributed by atoms with Crippen molar-refractivity contribution < 1.29 is 19.0 Å². The molecule has 0 bridgehead atoms. The van der Waals surface area contributed by atoms with Gasteiger partial charge in [-0.1, -0.05) is 0 Å². The number of amides is 1. The number of nitrogens with one attached hydrogen (secondary N) is 2. The van der Waals surface area contributed by atoms with Crippen molar-refractivity contribution in [3.05, 3.63) is 0 Å². The summed E-state index contributed by atoms with van der Waals surface area (Å²) < 4.78 is 16.1. The van der Waals surface area contributed by atoms with Gasteiger partial charge in [-0.2, -0.15) is 0 Å². The Hall–Kier alpha value is -0.690. The van der Waals surface area contributed by atoms with Gasteiger partial charge in [-0.05, 0) is 13.8 Å². The van der Waals surface area contributed by atoms with Gasteiger partial charge in [0.15, 0.2) is 6.29 Å². The maximum atomic E-state index is 11.7. The lowest BCUT2D eigenvalue weighted by molar-refractivity contribution is -0.141. The van der Waals surface area contributed by atoms with Gasteiger partial charge in [0.2, 0.25) is 5.91 Å². The molecule has 106 valence electrons. The van der Waals surface area contributed by atoms with E-state index in [1.54, 1.807) is 0 Å². The fourth-order valence-electron chi connectivity index (χ4n) is 1.76. The highest BCUT2D eigenvalue weighted by molar-refractivity contribution is 5.76. The van der Waals surface area contributed by atoms with Crippen LogP contribution in [0.4, 0.5) is 0 Å². The molecule has 1 atom stereocenters. The number of hydrogen-bond acceptors (Lipinski definition) is 5. The first-order chi connectivity index (χ1) is 8.76. The normalized spacial score (nSPS) is 20.1. The van der Waals surface area contributed by atoms with Crippen LogP contribution in [0.25, 0.3) is 0 Å². The van der Waals surface area contributed by atoms with E-state index in [4.69, 9.17) is 14.2 Å². The first-order valence-corrected chi connectivity index (χ1v) is 6.58. The van der Waals surface area contributed by atoms with Crippen LogP contribution in [0.2, 0.25) is 0 Å². The summed E-state index contributed by atoms with van der Waals surface area (Å²) in [6.07, 6.45) is -0.0245. The van der Waals surface area contributed by atoms with Crippen molar-refractivity contribution in [2.24, 2.45) is 0 Å². The topological polar surface area (TPSA) is 68.8 Å². The van der Waals surface area contributed by atoms with E-state index in [2.05, 4.69) is 10.6 Å². The lowest BCUT2D eigenvalue weighted by Crippen LogP contribution is -2.43. The van der Waals surface area contributed by atoms with Crippen molar-refractivity contribution in [2.45, 2.75) is 32.7 Å². The molecule has 1 rings (SSSR count). The van der Waals surface area contributed by atoms with Crippen LogP contribution in [0.3, 0.4) is 0 Å². The van der Waals surface area contributed by atoms with Crippen molar-refractivity contribution >= 4 is 5.91 Å². The lowest BCUT2D eigenvalue weighted by Gasteiger charge is -2.23. The minimum Gasteiger partial charge on any atom is -0.375 e. The average molecular weight is 260 g/mol. The molecule has 1 aliphatic rings. The summed E-state index contributed by atoms with van der Waals surface area (Å²) in [5, 5.41) is 5.99. The predicted molar refractivity (Wildman–Crippen MR) is 67.3 cm³/mol. The van der Waals surface area contributed by atoms with E-state index in [9.17, 15) is 4.79 Å². The summed E-state index contributed by atoms with van der Waals surface area (Å²) in [6, 6.07) is 0. The smallest absolute Gasteiger partial charge is 0.222 e. The Morgan fingerprint density at radius 1 is 1.44 bits per heavy atom. The largest absolute Gasteiger partial charge is 0.375 e. The Morgan fingerprint density at radius 3 is 2.72 bits per heavy atom. The molecule has 0 aromatic rings. The highest BCUT2D eigenvalue weighted by Crippen LogP contribution is 2.01. The first kappa shape index (κ1) is 15.4. The van der Waals surface area contributed by atoms with E-state index in [1.807, 2.05) is 13.8 Å². The van der Waals surface area contributed by atoms with Crippen molar-refractivity contribution in [3.63, 3.8) is 0 Å². The Kier molecular flexibility index (Phi) is 7.91. The summed E-state index contributed by atoms with van der Waals surface area (Å²) in [6.45, 7) is 7.55. The van der Waals surface area contributed by atoms with Gasteiger partial charge in [0.1, 0.15) is 0 Å². The van der Waals surface area contributed by atoms with Gasteiger partial charge >= 0.3 is 0 Å². The van der Waals surface area contributed by atoms with Crippen molar-refractivity contribution in [2.75, 3.05) is 39.5 Å². The molecule has 0 spiro atoms. The average Bonchev–Trinajstić information content (AvgIpc) is 2.38. The monoisotopic (exact) mass is 260 g/mol. The number of carbonyl (C=O) groups excluding carboxylic acids is 1. The SMILES string of the molecule is CCOC(CNC(=O)CC1CNCCO1)OCC. The summed E-state index contributed by atoms with van der Waals surface area (Å²) in [7, 11) is 0. The Labute approximate surface area is 108 Å². The van der Waals surface area contributed by atoms with E-state index in [0.717, 1.165) is 13.1 Å². The first-order valence-electron chi connectivity index (χ1n) is 6.58. The highest BCUT2D eigenvalue weighted by Gasteiger charge is 2.18. The standard InChI is InChI=1S/C12H24N2O4/c1-3-16-12(17-4-2)9-14-11(15)7-10-8-13-5-6-18-10/h10,12-13H,3-9H2,1-2H3,(H,14,15). The molecule has 6 heteroatoms. The Bertz CT molecular complexity index is 226. The molecule has 0 radical (unpaired) electrons. The highest BCUT2D eigenvalue weighted by atomic mass is 16.7. The van der Waals surface area contributed by atoms with Gasteiger partial charge in [0, 0.05) is 26.3 Å². The second-order valence-corrected chi connectivity index (χ2v) is 4.05. The van der Waals surface area contributed by atoms with E-state index < -0.39 is 0 Å². The van der Waals surface area contributed by atoms with E-state index >= 15 is 0 Å². The van der Waals surface area contributed by atoms with Crippen LogP contribution in [-0.4, -0.2) is 57.8 Å². The van der Waals surface area contributed by atoms with Crippen LogP contribution in [0.5, 0.6) is 0 Å². The number of hydrogen-bond donors (Lipinski definition) is 2. The molecule has 0 aromatic heterocycles. The summed E-state index contributed by atoms with van der Waals surface area (Å²) >= 11 is 0. The third kappa shape index (κ3) is 6.30. The fraction of sp³-hybridized carbons (Fsp3) is 0.917. The van der Waals surface area contributed by atoms with Gasteiger partial charge in [0.05, 0.1) is 25.7 Å². The number of rotatable bonds is 8. The lowest BCUT2D eigenvalue weighted by atomic mass is 10.2. The minimum absolute atomic E-state index is 0.0311. The van der Waals surface area contributed by atoms with Gasteiger partial charge in [-0.15, -0.1) is 0 Å². The van der Waals surface area contributed by atoms with Gasteiger partial charge in [0.25, 0.3) is 0 Å². The zero-order valence-corrected chi connectivity index (χ0v) is 11.2. The molecule has 18 heavy (non-hydrogen) atoms. The van der Waals surface area contributed by atoms with Crippen molar-refractivity contribution in [1.29, 1.82) is 0 Å². The van der Waals surface area contributed by atoms with Gasteiger partial charge in [-0.3, -0.25) is 4.79 Å². The van der Waals surface area contributed by atoms with Crippen LogP contribution in [-0.2, 0) is 19.0 Å². The Balaban J connectivity index is 2.17. The van der Waals surface area contributed by atoms with Gasteiger partial charge in [-0.25, -0.2) is 0 Å². The summed E-state index contributed by atoms with van der Waals surface area (Å²) in [4.78, 5) is 11.7. The van der Waals surface area contributed by atoms with Crippen LogP contribution in [0.1, 0.15) is 20.3 Å². The molecule has 0 aliphatic carbocycles. The molecule has 1 heterocycles. The van der Waals surface area contributed by atoms with E-state index in [1.165, 1.54) is 0 Å². The molecule has 1 saturated heterocycles. The molecular formula is C12H24N2O4. The van der Waals surface area contributed by atoms with Crippen molar-refractivity contribution in [1.82, 2.24) is 10.6 Å². The van der Waals surface area contributed by atoms with Crippen LogP contribution in [0, 0.1) is 0 Å². The van der Waals surface area contributed by atoms with Crippen molar-refractivity contribution in [3.8, 4) is 0 Å². The Morgan fingerprint density at radius 2 is 2.17 bits per heavy atom. The fourth-order valence-corrected chi connectivity index (χ4v) is 1.76. The zero-order valence-electron chi connectivity index (χ0n) is 11.2. The maximum absolute atomic E-state index is 11.7. The molecule has 1 amide bonds. The molecule has 0 aromatic carbocycles. The number of morpholine rings is 1. The molecule has 1 fully saturated rings.